The van der Waals surface area contributed by atoms with Crippen molar-refractivity contribution in [3.05, 3.63) is 59.7 Å². The molecule has 1 aromatic carbocycles. The van der Waals surface area contributed by atoms with Gasteiger partial charge in [-0.3, -0.25) is 0 Å². The Labute approximate surface area is 108 Å². The van der Waals surface area contributed by atoms with E-state index in [-0.39, 0.29) is 5.92 Å². The lowest BCUT2D eigenvalue weighted by molar-refractivity contribution is 0.780. The zero-order valence-electron chi connectivity index (χ0n) is 10.7. The lowest BCUT2D eigenvalue weighted by atomic mass is 9.94. The van der Waals surface area contributed by atoms with Crippen LogP contribution in [0.5, 0.6) is 0 Å². The van der Waals surface area contributed by atoms with E-state index < -0.39 is 0 Å². The standard InChI is InChI=1S/C15H19N3/c1-2-3-12-4-6-13(7-5-12)14(10-16)15-8-9-17-11-18-15/h4-9,11,14H,2-3,10,16H2,1H3. The summed E-state index contributed by atoms with van der Waals surface area (Å²) < 4.78 is 0. The molecular weight excluding hydrogens is 222 g/mol. The van der Waals surface area contributed by atoms with Crippen LogP contribution in [0.1, 0.15) is 36.1 Å². The molecule has 1 unspecified atom stereocenters. The van der Waals surface area contributed by atoms with Crippen molar-refractivity contribution in [3.8, 4) is 0 Å². The zero-order chi connectivity index (χ0) is 12.8. The number of nitrogens with zero attached hydrogens (tertiary/aromatic N) is 2. The Bertz CT molecular complexity index is 465. The molecule has 1 heterocycles. The highest BCUT2D eigenvalue weighted by molar-refractivity contribution is 5.31. The van der Waals surface area contributed by atoms with Gasteiger partial charge >= 0.3 is 0 Å². The first-order valence-electron chi connectivity index (χ1n) is 6.40. The van der Waals surface area contributed by atoms with E-state index >= 15 is 0 Å². The van der Waals surface area contributed by atoms with Gasteiger partial charge in [0.15, 0.2) is 0 Å². The van der Waals surface area contributed by atoms with Gasteiger partial charge in [0.05, 0.1) is 5.69 Å². The van der Waals surface area contributed by atoms with E-state index in [2.05, 4.69) is 41.2 Å². The van der Waals surface area contributed by atoms with Gasteiger partial charge in [-0.15, -0.1) is 0 Å². The summed E-state index contributed by atoms with van der Waals surface area (Å²) in [7, 11) is 0. The Morgan fingerprint density at radius 3 is 2.50 bits per heavy atom. The van der Waals surface area contributed by atoms with E-state index in [1.807, 2.05) is 6.07 Å². The molecule has 0 saturated carbocycles. The van der Waals surface area contributed by atoms with E-state index in [4.69, 9.17) is 5.73 Å². The van der Waals surface area contributed by atoms with Crippen molar-refractivity contribution in [2.75, 3.05) is 6.54 Å². The molecule has 94 valence electrons. The number of hydrogen-bond donors (Lipinski definition) is 1. The SMILES string of the molecule is CCCc1ccc(C(CN)c2ccncn2)cc1. The second-order valence-corrected chi connectivity index (χ2v) is 4.41. The van der Waals surface area contributed by atoms with Crippen molar-refractivity contribution < 1.29 is 0 Å². The van der Waals surface area contributed by atoms with Crippen LogP contribution in [0, 0.1) is 0 Å². The van der Waals surface area contributed by atoms with Crippen molar-refractivity contribution in [3.63, 3.8) is 0 Å². The fourth-order valence-electron chi connectivity index (χ4n) is 2.14. The fraction of sp³-hybridized carbons (Fsp3) is 0.333. The maximum Gasteiger partial charge on any atom is 0.115 e. The van der Waals surface area contributed by atoms with Gasteiger partial charge < -0.3 is 5.73 Å². The molecule has 0 aliphatic rings. The van der Waals surface area contributed by atoms with Crippen molar-refractivity contribution >= 4 is 0 Å². The van der Waals surface area contributed by atoms with E-state index in [0.29, 0.717) is 6.54 Å². The van der Waals surface area contributed by atoms with Crippen molar-refractivity contribution in [2.24, 2.45) is 5.73 Å². The maximum absolute atomic E-state index is 5.87. The minimum absolute atomic E-state index is 0.156. The van der Waals surface area contributed by atoms with Gasteiger partial charge in [-0.25, -0.2) is 9.97 Å². The average molecular weight is 241 g/mol. The highest BCUT2D eigenvalue weighted by Gasteiger charge is 2.13. The molecule has 0 aliphatic heterocycles. The minimum Gasteiger partial charge on any atom is -0.329 e. The van der Waals surface area contributed by atoms with Crippen LogP contribution < -0.4 is 5.73 Å². The quantitative estimate of drug-likeness (QED) is 0.875. The Morgan fingerprint density at radius 2 is 1.94 bits per heavy atom. The first-order chi connectivity index (χ1) is 8.85. The molecule has 2 N–H and O–H groups in total. The summed E-state index contributed by atoms with van der Waals surface area (Å²) in [5.74, 6) is 0.156. The molecule has 18 heavy (non-hydrogen) atoms. The van der Waals surface area contributed by atoms with Crippen LogP contribution in [0.3, 0.4) is 0 Å². The zero-order valence-corrected chi connectivity index (χ0v) is 10.7. The third-order valence-corrected chi connectivity index (χ3v) is 3.12. The van der Waals surface area contributed by atoms with Crippen LogP contribution in [0.25, 0.3) is 0 Å². The summed E-state index contributed by atoms with van der Waals surface area (Å²) in [4.78, 5) is 8.24. The molecular formula is C15H19N3. The molecule has 0 aliphatic carbocycles. The molecule has 0 bridgehead atoms. The summed E-state index contributed by atoms with van der Waals surface area (Å²) >= 11 is 0. The predicted molar refractivity (Wildman–Crippen MR) is 73.4 cm³/mol. The van der Waals surface area contributed by atoms with Crippen LogP contribution in [0.15, 0.2) is 42.9 Å². The van der Waals surface area contributed by atoms with Gasteiger partial charge in [0.2, 0.25) is 0 Å². The Morgan fingerprint density at radius 1 is 1.17 bits per heavy atom. The lowest BCUT2D eigenvalue weighted by Crippen LogP contribution is -2.15. The maximum atomic E-state index is 5.87. The molecule has 3 nitrogen and oxygen atoms in total. The first kappa shape index (κ1) is 12.7. The average Bonchev–Trinajstić information content (AvgIpc) is 2.43. The third-order valence-electron chi connectivity index (χ3n) is 3.12. The van der Waals surface area contributed by atoms with E-state index in [0.717, 1.165) is 12.1 Å². The van der Waals surface area contributed by atoms with Crippen LogP contribution in [0.2, 0.25) is 0 Å². The Hall–Kier alpha value is -1.74. The van der Waals surface area contributed by atoms with Gasteiger partial charge in [0.1, 0.15) is 6.33 Å². The first-order valence-corrected chi connectivity index (χ1v) is 6.40. The van der Waals surface area contributed by atoms with Gasteiger partial charge in [0.25, 0.3) is 0 Å². The van der Waals surface area contributed by atoms with Crippen LogP contribution in [0.4, 0.5) is 0 Å². The molecule has 1 atom stereocenters. The van der Waals surface area contributed by atoms with Crippen molar-refractivity contribution in [1.29, 1.82) is 0 Å². The third kappa shape index (κ3) is 2.93. The van der Waals surface area contributed by atoms with Crippen molar-refractivity contribution in [2.45, 2.75) is 25.7 Å². The van der Waals surface area contributed by atoms with E-state index in [1.165, 1.54) is 17.5 Å². The summed E-state index contributed by atoms with van der Waals surface area (Å²) in [6.45, 7) is 2.75. The molecule has 0 spiro atoms. The molecule has 0 fully saturated rings. The largest absolute Gasteiger partial charge is 0.329 e. The smallest absolute Gasteiger partial charge is 0.115 e. The topological polar surface area (TPSA) is 51.8 Å². The van der Waals surface area contributed by atoms with Gasteiger partial charge in [-0.2, -0.15) is 0 Å². The predicted octanol–water partition coefficient (Wildman–Crippen LogP) is 2.52. The highest BCUT2D eigenvalue weighted by Crippen LogP contribution is 2.22. The number of aromatic nitrogens is 2. The Balaban J connectivity index is 2.23. The summed E-state index contributed by atoms with van der Waals surface area (Å²) in [5.41, 5.74) is 9.45. The van der Waals surface area contributed by atoms with E-state index in [1.54, 1.807) is 12.5 Å². The van der Waals surface area contributed by atoms with Gasteiger partial charge in [0, 0.05) is 18.7 Å². The van der Waals surface area contributed by atoms with Crippen LogP contribution in [-0.2, 0) is 6.42 Å². The molecule has 2 rings (SSSR count). The van der Waals surface area contributed by atoms with Crippen LogP contribution >= 0.6 is 0 Å². The molecule has 1 aromatic heterocycles. The molecule has 3 heteroatoms. The second kappa shape index (κ2) is 6.26. The summed E-state index contributed by atoms with van der Waals surface area (Å²) in [6, 6.07) is 10.6. The fourth-order valence-corrected chi connectivity index (χ4v) is 2.14. The molecule has 2 aromatic rings. The molecule has 0 saturated heterocycles. The number of benzene rings is 1. The number of aryl methyl sites for hydroxylation is 1. The normalized spacial score (nSPS) is 12.3. The Kier molecular flexibility index (Phi) is 4.42. The van der Waals surface area contributed by atoms with Crippen LogP contribution in [-0.4, -0.2) is 16.5 Å². The molecule has 0 radical (unpaired) electrons. The lowest BCUT2D eigenvalue weighted by Gasteiger charge is -2.14. The number of hydrogen-bond acceptors (Lipinski definition) is 3. The van der Waals surface area contributed by atoms with Crippen molar-refractivity contribution in [1.82, 2.24) is 9.97 Å². The van der Waals surface area contributed by atoms with E-state index in [9.17, 15) is 0 Å². The highest BCUT2D eigenvalue weighted by atomic mass is 14.8. The monoisotopic (exact) mass is 241 g/mol. The number of nitrogens with two attached hydrogens (primary N) is 1. The van der Waals surface area contributed by atoms with Gasteiger partial charge in [-0.1, -0.05) is 37.6 Å². The summed E-state index contributed by atoms with van der Waals surface area (Å²) in [5, 5.41) is 0. The molecule has 0 amide bonds. The summed E-state index contributed by atoms with van der Waals surface area (Å²) in [6.07, 6.45) is 5.63. The second-order valence-electron chi connectivity index (χ2n) is 4.41. The van der Waals surface area contributed by atoms with Gasteiger partial charge in [-0.05, 0) is 23.6 Å². The number of rotatable bonds is 5. The minimum atomic E-state index is 0.156.